The van der Waals surface area contributed by atoms with Gasteiger partial charge in [0.25, 0.3) is 0 Å². The van der Waals surface area contributed by atoms with Crippen LogP contribution < -0.4 is 5.32 Å². The van der Waals surface area contributed by atoms with Gasteiger partial charge in [-0.1, -0.05) is 6.07 Å². The first-order valence-corrected chi connectivity index (χ1v) is 7.24. The van der Waals surface area contributed by atoms with E-state index in [1.807, 2.05) is 26.0 Å². The minimum atomic E-state index is -4.21. The Morgan fingerprint density at radius 1 is 1.41 bits per heavy atom. The number of aromatic nitrogens is 1. The number of nitrogens with zero attached hydrogens (tertiary/aromatic N) is 2. The third-order valence-electron chi connectivity index (χ3n) is 3.90. The normalized spacial score (nSPS) is 19.4. The van der Waals surface area contributed by atoms with Gasteiger partial charge in [-0.05, 0) is 38.4 Å². The molecule has 4 nitrogen and oxygen atoms in total. The van der Waals surface area contributed by atoms with E-state index in [1.165, 1.54) is 4.90 Å². The minimum absolute atomic E-state index is 0.158. The van der Waals surface area contributed by atoms with E-state index in [2.05, 4.69) is 10.3 Å². The molecular weight excluding hydrogens is 295 g/mol. The van der Waals surface area contributed by atoms with E-state index in [0.717, 1.165) is 17.0 Å². The molecule has 122 valence electrons. The van der Waals surface area contributed by atoms with E-state index in [0.29, 0.717) is 19.5 Å². The number of pyridine rings is 1. The fraction of sp³-hybridized carbons (Fsp3) is 0.600. The van der Waals surface area contributed by atoms with Crippen molar-refractivity contribution in [3.05, 3.63) is 29.1 Å². The average molecular weight is 315 g/mol. The maximum Gasteiger partial charge on any atom is 0.401 e. The predicted molar refractivity (Wildman–Crippen MR) is 76.2 cm³/mol. The summed E-state index contributed by atoms with van der Waals surface area (Å²) in [7, 11) is 0. The van der Waals surface area contributed by atoms with Gasteiger partial charge in [0.2, 0.25) is 5.91 Å². The highest BCUT2D eigenvalue weighted by atomic mass is 19.4. The summed E-state index contributed by atoms with van der Waals surface area (Å²) in [4.78, 5) is 17.7. The van der Waals surface area contributed by atoms with Crippen LogP contribution in [-0.4, -0.2) is 41.6 Å². The molecule has 7 heteroatoms. The van der Waals surface area contributed by atoms with Crippen LogP contribution >= 0.6 is 0 Å². The number of likely N-dealkylation sites (tertiary alicyclic amines) is 1. The molecule has 1 saturated heterocycles. The summed E-state index contributed by atoms with van der Waals surface area (Å²) in [5.41, 5.74) is 2.74. The van der Waals surface area contributed by atoms with E-state index in [1.54, 1.807) is 0 Å². The first-order chi connectivity index (χ1) is 10.2. The summed E-state index contributed by atoms with van der Waals surface area (Å²) < 4.78 is 37.0. The zero-order valence-electron chi connectivity index (χ0n) is 12.7. The van der Waals surface area contributed by atoms with Gasteiger partial charge in [0.15, 0.2) is 0 Å². The number of nitrogens with one attached hydrogen (secondary N) is 1. The fourth-order valence-electron chi connectivity index (χ4n) is 2.55. The molecule has 0 bridgehead atoms. The highest BCUT2D eigenvalue weighted by molar-refractivity contribution is 5.79. The van der Waals surface area contributed by atoms with Crippen LogP contribution in [0.4, 0.5) is 13.2 Å². The Labute approximate surface area is 127 Å². The molecule has 1 aromatic rings. The maximum atomic E-state index is 12.3. The minimum Gasteiger partial charge on any atom is -0.350 e. The highest BCUT2D eigenvalue weighted by Gasteiger charge is 2.36. The van der Waals surface area contributed by atoms with Crippen LogP contribution in [0.3, 0.4) is 0 Å². The molecule has 1 aliphatic rings. The van der Waals surface area contributed by atoms with E-state index in [9.17, 15) is 18.0 Å². The van der Waals surface area contributed by atoms with Gasteiger partial charge in [-0.25, -0.2) is 0 Å². The van der Waals surface area contributed by atoms with E-state index in [4.69, 9.17) is 0 Å². The number of carbonyl (C=O) groups excluding carboxylic acids is 1. The molecule has 0 radical (unpaired) electrons. The second-order valence-electron chi connectivity index (χ2n) is 5.76. The molecule has 1 aliphatic heterocycles. The summed E-state index contributed by atoms with van der Waals surface area (Å²) in [5.74, 6) is -0.585. The number of aryl methyl sites for hydroxylation is 2. The maximum absolute atomic E-state index is 12.3. The molecule has 0 spiro atoms. The van der Waals surface area contributed by atoms with Crippen LogP contribution in [0.15, 0.2) is 12.1 Å². The quantitative estimate of drug-likeness (QED) is 0.926. The van der Waals surface area contributed by atoms with Gasteiger partial charge in [0.1, 0.15) is 0 Å². The molecule has 22 heavy (non-hydrogen) atoms. The van der Waals surface area contributed by atoms with Crippen molar-refractivity contribution >= 4 is 5.91 Å². The van der Waals surface area contributed by atoms with Crippen molar-refractivity contribution in [1.82, 2.24) is 15.2 Å². The van der Waals surface area contributed by atoms with E-state index >= 15 is 0 Å². The first-order valence-electron chi connectivity index (χ1n) is 7.24. The lowest BCUT2D eigenvalue weighted by Gasteiger charge is -2.17. The van der Waals surface area contributed by atoms with Crippen LogP contribution in [0.5, 0.6) is 0 Å². The molecule has 0 saturated carbocycles. The van der Waals surface area contributed by atoms with Gasteiger partial charge in [0, 0.05) is 12.2 Å². The molecule has 1 fully saturated rings. The van der Waals surface area contributed by atoms with Crippen LogP contribution in [0.1, 0.15) is 23.4 Å². The zero-order chi connectivity index (χ0) is 16.3. The Bertz CT molecular complexity index is 545. The Hall–Kier alpha value is -1.63. The Balaban J connectivity index is 1.82. The zero-order valence-corrected chi connectivity index (χ0v) is 12.7. The van der Waals surface area contributed by atoms with Crippen molar-refractivity contribution in [3.63, 3.8) is 0 Å². The van der Waals surface area contributed by atoms with Gasteiger partial charge >= 0.3 is 6.18 Å². The second kappa shape index (κ2) is 6.64. The van der Waals surface area contributed by atoms with Crippen molar-refractivity contribution in [3.8, 4) is 0 Å². The molecule has 1 N–H and O–H groups in total. The topological polar surface area (TPSA) is 45.2 Å². The number of rotatable bonds is 4. The molecular formula is C15H20F3N3O. The molecule has 1 aromatic heterocycles. The molecule has 1 atom stereocenters. The summed E-state index contributed by atoms with van der Waals surface area (Å²) >= 11 is 0. The molecule has 0 aromatic carbocycles. The van der Waals surface area contributed by atoms with Crippen LogP contribution in [0.2, 0.25) is 0 Å². The van der Waals surface area contributed by atoms with Crippen LogP contribution in [0.25, 0.3) is 0 Å². The number of alkyl halides is 3. The van der Waals surface area contributed by atoms with E-state index < -0.39 is 12.7 Å². The number of halogens is 3. The average Bonchev–Trinajstić information content (AvgIpc) is 2.86. The number of amides is 1. The smallest absolute Gasteiger partial charge is 0.350 e. The van der Waals surface area contributed by atoms with Gasteiger partial charge in [-0.3, -0.25) is 14.7 Å². The second-order valence-corrected chi connectivity index (χ2v) is 5.76. The molecule has 0 aliphatic carbocycles. The molecule has 2 heterocycles. The number of hydrogen-bond acceptors (Lipinski definition) is 3. The summed E-state index contributed by atoms with van der Waals surface area (Å²) in [6.07, 6.45) is -3.75. The SMILES string of the molecule is Cc1ccc(CNC(=O)[C@H]2CCN(CC(F)(F)F)C2)nc1C. The lowest BCUT2D eigenvalue weighted by atomic mass is 10.1. The van der Waals surface area contributed by atoms with Crippen LogP contribution in [0, 0.1) is 19.8 Å². The van der Waals surface area contributed by atoms with Crippen molar-refractivity contribution < 1.29 is 18.0 Å². The van der Waals surface area contributed by atoms with E-state index in [-0.39, 0.29) is 18.4 Å². The predicted octanol–water partition coefficient (Wildman–Crippen LogP) is 2.20. The number of carbonyl (C=O) groups is 1. The summed E-state index contributed by atoms with van der Waals surface area (Å²) in [6.45, 7) is 3.67. The molecule has 0 unspecified atom stereocenters. The Morgan fingerprint density at radius 3 is 2.77 bits per heavy atom. The summed E-state index contributed by atoms with van der Waals surface area (Å²) in [5, 5.41) is 2.76. The third kappa shape index (κ3) is 4.69. The van der Waals surface area contributed by atoms with Crippen molar-refractivity contribution in [2.45, 2.75) is 33.0 Å². The van der Waals surface area contributed by atoms with Gasteiger partial charge in [0.05, 0.1) is 24.7 Å². The standard InChI is InChI=1S/C15H20F3N3O/c1-10-3-4-13(20-11(10)2)7-19-14(22)12-5-6-21(8-12)9-15(16,17)18/h3-4,12H,5-9H2,1-2H3,(H,19,22)/t12-/m0/s1. The van der Waals surface area contributed by atoms with Crippen molar-refractivity contribution in [2.75, 3.05) is 19.6 Å². The van der Waals surface area contributed by atoms with Gasteiger partial charge < -0.3 is 5.32 Å². The molecule has 1 amide bonds. The highest BCUT2D eigenvalue weighted by Crippen LogP contribution is 2.22. The Morgan fingerprint density at radius 2 is 2.14 bits per heavy atom. The molecule has 2 rings (SSSR count). The van der Waals surface area contributed by atoms with Crippen LogP contribution in [-0.2, 0) is 11.3 Å². The fourth-order valence-corrected chi connectivity index (χ4v) is 2.55. The monoisotopic (exact) mass is 315 g/mol. The number of hydrogen-bond donors (Lipinski definition) is 1. The van der Waals surface area contributed by atoms with Gasteiger partial charge in [-0.15, -0.1) is 0 Å². The third-order valence-corrected chi connectivity index (χ3v) is 3.90. The lowest BCUT2D eigenvalue weighted by Crippen LogP contribution is -2.35. The lowest BCUT2D eigenvalue weighted by molar-refractivity contribution is -0.144. The largest absolute Gasteiger partial charge is 0.401 e. The van der Waals surface area contributed by atoms with Gasteiger partial charge in [-0.2, -0.15) is 13.2 Å². The Kier molecular flexibility index (Phi) is 5.05. The van der Waals surface area contributed by atoms with Crippen molar-refractivity contribution in [2.24, 2.45) is 5.92 Å². The first kappa shape index (κ1) is 16.7. The van der Waals surface area contributed by atoms with Crippen molar-refractivity contribution in [1.29, 1.82) is 0 Å². The summed E-state index contributed by atoms with van der Waals surface area (Å²) in [6, 6.07) is 3.78.